The molecule has 1 N–H and O–H groups in total. The molecule has 1 fully saturated rings. The van der Waals surface area contributed by atoms with Crippen LogP contribution < -0.4 is 10.2 Å². The molecule has 6 heteroatoms. The Balaban J connectivity index is 1.25. The topological polar surface area (TPSA) is 67.2 Å². The molecule has 6 nitrogen and oxygen atoms in total. The lowest BCUT2D eigenvalue weighted by molar-refractivity contribution is -0.122. The second kappa shape index (κ2) is 8.02. The number of imidazole rings is 1. The van der Waals surface area contributed by atoms with E-state index in [0.29, 0.717) is 6.54 Å². The van der Waals surface area contributed by atoms with Crippen LogP contribution in [0.15, 0.2) is 54.7 Å². The van der Waals surface area contributed by atoms with Crippen molar-refractivity contribution in [2.45, 2.75) is 39.2 Å². The van der Waals surface area contributed by atoms with Crippen LogP contribution in [-0.4, -0.2) is 27.9 Å². The van der Waals surface area contributed by atoms with Crippen LogP contribution >= 0.6 is 0 Å². The van der Waals surface area contributed by atoms with Crippen molar-refractivity contribution >= 4 is 23.2 Å². The molecule has 31 heavy (non-hydrogen) atoms. The fraction of sp³-hybridized carbons (Fsp3) is 0.320. The zero-order valence-electron chi connectivity index (χ0n) is 17.7. The van der Waals surface area contributed by atoms with Crippen molar-refractivity contribution in [2.75, 3.05) is 16.8 Å². The highest BCUT2D eigenvalue weighted by Crippen LogP contribution is 2.28. The molecule has 5 rings (SSSR count). The monoisotopic (exact) mass is 414 g/mol. The maximum atomic E-state index is 12.8. The quantitative estimate of drug-likeness (QED) is 0.696. The van der Waals surface area contributed by atoms with Crippen LogP contribution in [-0.2, 0) is 22.6 Å². The highest BCUT2D eigenvalue weighted by atomic mass is 16.2. The summed E-state index contributed by atoms with van der Waals surface area (Å²) < 4.78 is 2.29. The summed E-state index contributed by atoms with van der Waals surface area (Å²) in [6.07, 6.45) is 5.70. The van der Waals surface area contributed by atoms with Crippen LogP contribution in [0, 0.1) is 12.8 Å². The normalized spacial score (nSPS) is 18.2. The Morgan fingerprint density at radius 3 is 2.61 bits per heavy atom. The molecule has 1 aromatic heterocycles. The minimum Gasteiger partial charge on any atom is -0.328 e. The van der Waals surface area contributed by atoms with E-state index in [1.165, 1.54) is 18.5 Å². The van der Waals surface area contributed by atoms with E-state index in [1.807, 2.05) is 61.7 Å². The van der Waals surface area contributed by atoms with Crippen molar-refractivity contribution < 1.29 is 9.59 Å². The molecule has 2 aliphatic rings. The third kappa shape index (κ3) is 3.85. The summed E-state index contributed by atoms with van der Waals surface area (Å²) in [5.41, 5.74) is 5.07. The molecular formula is C25H26N4O2. The average molecular weight is 415 g/mol. The van der Waals surface area contributed by atoms with Crippen LogP contribution in [0.2, 0.25) is 0 Å². The lowest BCUT2D eigenvalue weighted by Gasteiger charge is -2.17. The lowest BCUT2D eigenvalue weighted by Crippen LogP contribution is -2.28. The highest BCUT2D eigenvalue weighted by Gasteiger charge is 2.35. The second-order valence-corrected chi connectivity index (χ2v) is 8.49. The Hall–Kier alpha value is -3.41. The molecule has 1 saturated heterocycles. The largest absolute Gasteiger partial charge is 0.328 e. The maximum Gasteiger partial charge on any atom is 0.229 e. The van der Waals surface area contributed by atoms with E-state index in [9.17, 15) is 9.59 Å². The number of carbonyl (C=O) groups excluding carboxylic acids is 2. The van der Waals surface area contributed by atoms with Gasteiger partial charge >= 0.3 is 0 Å². The number of aryl methyl sites for hydroxylation is 2. The molecule has 1 atom stereocenters. The van der Waals surface area contributed by atoms with Gasteiger partial charge in [0.15, 0.2) is 0 Å². The number of rotatable bonds is 4. The second-order valence-electron chi connectivity index (χ2n) is 8.49. The first-order valence-corrected chi connectivity index (χ1v) is 10.9. The van der Waals surface area contributed by atoms with Gasteiger partial charge in [-0.05, 0) is 62.6 Å². The molecule has 158 valence electrons. The first-order valence-electron chi connectivity index (χ1n) is 10.9. The predicted octanol–water partition coefficient (Wildman–Crippen LogP) is 4.19. The molecule has 2 aliphatic heterocycles. The number of amides is 2. The minimum absolute atomic E-state index is 0.0107. The van der Waals surface area contributed by atoms with E-state index >= 15 is 0 Å². The summed E-state index contributed by atoms with van der Waals surface area (Å²) >= 11 is 0. The molecule has 0 radical (unpaired) electrons. The molecule has 0 spiro atoms. The van der Waals surface area contributed by atoms with Gasteiger partial charge < -0.3 is 14.8 Å². The minimum atomic E-state index is -0.354. The molecule has 0 aliphatic carbocycles. The third-order valence-corrected chi connectivity index (χ3v) is 6.25. The van der Waals surface area contributed by atoms with Gasteiger partial charge in [0.2, 0.25) is 11.8 Å². The van der Waals surface area contributed by atoms with Gasteiger partial charge in [0, 0.05) is 48.3 Å². The summed E-state index contributed by atoms with van der Waals surface area (Å²) in [6.45, 7) is 3.43. The van der Waals surface area contributed by atoms with Gasteiger partial charge in [-0.25, -0.2) is 4.98 Å². The number of hydrogen-bond donors (Lipinski definition) is 1. The Labute approximate surface area is 181 Å². The van der Waals surface area contributed by atoms with Gasteiger partial charge in [0.1, 0.15) is 5.82 Å². The fourth-order valence-electron chi connectivity index (χ4n) is 4.47. The Morgan fingerprint density at radius 2 is 1.84 bits per heavy atom. The van der Waals surface area contributed by atoms with E-state index in [4.69, 9.17) is 0 Å². The number of aromatic nitrogens is 2. The van der Waals surface area contributed by atoms with Gasteiger partial charge in [0.25, 0.3) is 0 Å². The van der Waals surface area contributed by atoms with Gasteiger partial charge in [-0.2, -0.15) is 0 Å². The highest BCUT2D eigenvalue weighted by molar-refractivity contribution is 6.03. The Bertz CT molecular complexity index is 1120. The standard InChI is InChI=1S/C25H26N4O2/c1-17-5-11-21(12-6-17)29-16-19(14-23(29)30)25(31)27-20-9-7-18(8-10-20)24-26-15-22-4-2-3-13-28(22)24/h5-12,15,19H,2-4,13-14,16H2,1H3,(H,27,31). The zero-order valence-corrected chi connectivity index (χ0v) is 17.7. The number of benzene rings is 2. The number of carbonyl (C=O) groups is 2. The van der Waals surface area contributed by atoms with Crippen molar-refractivity contribution in [3.63, 3.8) is 0 Å². The zero-order chi connectivity index (χ0) is 21.4. The summed E-state index contributed by atoms with van der Waals surface area (Å²) in [4.78, 5) is 31.6. The van der Waals surface area contributed by atoms with E-state index in [0.717, 1.165) is 41.3 Å². The summed E-state index contributed by atoms with van der Waals surface area (Å²) in [5, 5.41) is 2.98. The summed E-state index contributed by atoms with van der Waals surface area (Å²) in [6, 6.07) is 15.6. The van der Waals surface area contributed by atoms with Crippen LogP contribution in [0.5, 0.6) is 0 Å². The van der Waals surface area contributed by atoms with Crippen LogP contribution in [0.3, 0.4) is 0 Å². The van der Waals surface area contributed by atoms with Gasteiger partial charge in [-0.15, -0.1) is 0 Å². The molecule has 3 aromatic rings. The van der Waals surface area contributed by atoms with Crippen molar-refractivity contribution in [1.29, 1.82) is 0 Å². The third-order valence-electron chi connectivity index (χ3n) is 6.25. The van der Waals surface area contributed by atoms with E-state index < -0.39 is 0 Å². The number of hydrogen-bond acceptors (Lipinski definition) is 3. The number of anilines is 2. The average Bonchev–Trinajstić information content (AvgIpc) is 3.39. The van der Waals surface area contributed by atoms with Gasteiger partial charge in [-0.3, -0.25) is 9.59 Å². The Kier molecular flexibility index (Phi) is 5.06. The van der Waals surface area contributed by atoms with Gasteiger partial charge in [0.05, 0.1) is 5.92 Å². The van der Waals surface area contributed by atoms with E-state index in [2.05, 4.69) is 14.9 Å². The SMILES string of the molecule is Cc1ccc(N2CC(C(=O)Nc3ccc(-c4ncc5n4CCCC5)cc3)CC2=O)cc1. The van der Waals surface area contributed by atoms with E-state index in [1.54, 1.807) is 4.90 Å². The summed E-state index contributed by atoms with van der Waals surface area (Å²) in [7, 11) is 0. The molecule has 2 amide bonds. The first-order chi connectivity index (χ1) is 15.1. The first kappa shape index (κ1) is 19.5. The van der Waals surface area contributed by atoms with Crippen LogP contribution in [0.25, 0.3) is 11.4 Å². The fourth-order valence-corrected chi connectivity index (χ4v) is 4.47. The smallest absolute Gasteiger partial charge is 0.229 e. The Morgan fingerprint density at radius 1 is 1.06 bits per heavy atom. The molecule has 1 unspecified atom stereocenters. The van der Waals surface area contributed by atoms with Gasteiger partial charge in [-0.1, -0.05) is 17.7 Å². The molecule has 0 bridgehead atoms. The van der Waals surface area contributed by atoms with Crippen LogP contribution in [0.1, 0.15) is 30.5 Å². The predicted molar refractivity (Wildman–Crippen MR) is 121 cm³/mol. The van der Waals surface area contributed by atoms with Crippen molar-refractivity contribution in [3.8, 4) is 11.4 Å². The number of fused-ring (bicyclic) bond motifs is 1. The maximum absolute atomic E-state index is 12.8. The molecule has 3 heterocycles. The summed E-state index contributed by atoms with van der Waals surface area (Å²) in [5.74, 6) is 0.507. The van der Waals surface area contributed by atoms with Crippen molar-refractivity contribution in [3.05, 3.63) is 66.0 Å². The molecule has 2 aromatic carbocycles. The molecule has 0 saturated carbocycles. The van der Waals surface area contributed by atoms with Crippen molar-refractivity contribution in [1.82, 2.24) is 9.55 Å². The van der Waals surface area contributed by atoms with Crippen molar-refractivity contribution in [2.24, 2.45) is 5.92 Å². The molecular weight excluding hydrogens is 388 g/mol. The van der Waals surface area contributed by atoms with E-state index in [-0.39, 0.29) is 24.2 Å². The number of nitrogens with one attached hydrogen (secondary N) is 1. The lowest BCUT2D eigenvalue weighted by atomic mass is 10.1. The van der Waals surface area contributed by atoms with Crippen LogP contribution in [0.4, 0.5) is 11.4 Å². The number of nitrogens with zero attached hydrogens (tertiary/aromatic N) is 3.